The van der Waals surface area contributed by atoms with Gasteiger partial charge in [0.25, 0.3) is 0 Å². The van der Waals surface area contributed by atoms with Crippen molar-refractivity contribution >= 4 is 19.7 Å². The molecule has 0 radical (unpaired) electrons. The van der Waals surface area contributed by atoms with E-state index in [2.05, 4.69) is 9.47 Å². The molecule has 0 aromatic rings. The molecule has 0 N–H and O–H groups in total. The molecule has 0 aromatic heterocycles. The van der Waals surface area contributed by atoms with Gasteiger partial charge in [0.15, 0.2) is 0 Å². The molecule has 0 aliphatic carbocycles. The van der Waals surface area contributed by atoms with Gasteiger partial charge in [0.05, 0.1) is 0 Å². The third kappa shape index (κ3) is 4.67. The van der Waals surface area contributed by atoms with E-state index in [1.54, 1.807) is 14.2 Å². The Labute approximate surface area is 56.1 Å². The van der Waals surface area contributed by atoms with Gasteiger partial charge in [-0.05, 0) is 0 Å². The summed E-state index contributed by atoms with van der Waals surface area (Å²) in [7, 11) is 3.10. The molecule has 0 atom stereocenters. The van der Waals surface area contributed by atoms with E-state index in [9.17, 15) is 3.08 Å². The van der Waals surface area contributed by atoms with E-state index in [1.165, 1.54) is 0 Å². The van der Waals surface area contributed by atoms with Crippen LogP contribution >= 0.6 is 0 Å². The Hall–Kier alpha value is 0.519. The van der Waals surface area contributed by atoms with Crippen molar-refractivity contribution in [3.05, 3.63) is 0 Å². The Morgan fingerprint density at radius 2 is 1.62 bits per heavy atom. The van der Waals surface area contributed by atoms with Crippen molar-refractivity contribution in [2.75, 3.05) is 23.5 Å². The van der Waals surface area contributed by atoms with Gasteiger partial charge in [-0.15, -0.1) is 0 Å². The van der Waals surface area contributed by atoms with Crippen LogP contribution in [0.25, 0.3) is 0 Å². The fourth-order valence-corrected chi connectivity index (χ4v) is 2.44. The normalized spacial score (nSPS) is 9.25. The van der Waals surface area contributed by atoms with Crippen LogP contribution in [0.3, 0.4) is 0 Å². The average Bonchev–Trinajstić information content (AvgIpc) is 1.68. The summed E-state index contributed by atoms with van der Waals surface area (Å²) >= 11 is -2.38. The van der Waals surface area contributed by atoms with Crippen LogP contribution in [-0.4, -0.2) is 43.2 Å². The third-order valence-electron chi connectivity index (χ3n) is 0.611. The quantitative estimate of drug-likeness (QED) is 0.620. The first kappa shape index (κ1) is 8.52. The Morgan fingerprint density at radius 3 is 1.88 bits per heavy atom. The van der Waals surface area contributed by atoms with Gasteiger partial charge in [-0.2, -0.15) is 0 Å². The summed E-state index contributed by atoms with van der Waals surface area (Å²) in [6, 6.07) is 0. The monoisotopic (exact) mass is 226 g/mol. The summed E-state index contributed by atoms with van der Waals surface area (Å²) in [4.78, 5) is 0. The van der Waals surface area contributed by atoms with Gasteiger partial charge in [0.2, 0.25) is 0 Å². The summed E-state index contributed by atoms with van der Waals surface area (Å²) in [6.07, 6.45) is 0. The number of hydrogen-bond donors (Lipinski definition) is 0. The predicted molar refractivity (Wildman–Crippen MR) is 30.2 cm³/mol. The Kier molecular flexibility index (Phi) is 6.02. The van der Waals surface area contributed by atoms with Gasteiger partial charge >= 0.3 is 55.8 Å². The van der Waals surface area contributed by atoms with Crippen LogP contribution in [-0.2, 0) is 12.6 Å². The molecule has 0 aliphatic rings. The summed E-state index contributed by atoms with van der Waals surface area (Å²) in [6.45, 7) is 0. The summed E-state index contributed by atoms with van der Waals surface area (Å²) in [5, 5.41) is 0. The van der Waals surface area contributed by atoms with Crippen molar-refractivity contribution < 1.29 is 12.6 Å². The molecule has 0 amide bonds. The van der Waals surface area contributed by atoms with E-state index < -0.39 is 19.7 Å². The summed E-state index contributed by atoms with van der Waals surface area (Å²) < 4.78 is 20.8. The molecule has 3 nitrogen and oxygen atoms in total. The van der Waals surface area contributed by atoms with E-state index in [4.69, 9.17) is 0 Å². The first-order valence-electron chi connectivity index (χ1n) is 2.31. The number of rotatable bonds is 4. The zero-order valence-corrected chi connectivity index (χ0v) is 7.99. The molecule has 0 heterocycles. The van der Waals surface area contributed by atoms with E-state index in [0.29, 0.717) is 9.25 Å². The van der Waals surface area contributed by atoms with Crippen LogP contribution in [0.4, 0.5) is 0 Å². The maximum absolute atomic E-state index is 10.7. The molecule has 8 heavy (non-hydrogen) atoms. The molecule has 0 rings (SSSR count). The Bertz CT molecular complexity index is 65.7. The van der Waals surface area contributed by atoms with Crippen molar-refractivity contribution in [3.63, 3.8) is 0 Å². The number of methoxy groups -OCH3 is 2. The molecule has 0 aromatic carbocycles. The van der Waals surface area contributed by atoms with Crippen LogP contribution in [0.5, 0.6) is 0 Å². The molecule has 48 valence electrons. The van der Waals surface area contributed by atoms with Gasteiger partial charge in [0, 0.05) is 0 Å². The second kappa shape index (κ2) is 5.65. The molecule has 0 aliphatic heterocycles. The SMILES string of the molecule is CO[CH2][Sn](=[O])[CH2]OC. The van der Waals surface area contributed by atoms with Gasteiger partial charge in [-0.25, -0.2) is 0 Å². The second-order valence-electron chi connectivity index (χ2n) is 1.40. The Morgan fingerprint density at radius 1 is 1.25 bits per heavy atom. The van der Waals surface area contributed by atoms with E-state index in [0.717, 1.165) is 0 Å². The van der Waals surface area contributed by atoms with Crippen LogP contribution < -0.4 is 0 Å². The van der Waals surface area contributed by atoms with Gasteiger partial charge in [0.1, 0.15) is 0 Å². The first-order valence-corrected chi connectivity index (χ1v) is 7.51. The van der Waals surface area contributed by atoms with Crippen LogP contribution in [0, 0.1) is 0 Å². The predicted octanol–water partition coefficient (Wildman–Crippen LogP) is -0.220. The molecule has 0 spiro atoms. The van der Waals surface area contributed by atoms with E-state index in [1.807, 2.05) is 0 Å². The van der Waals surface area contributed by atoms with Crippen molar-refractivity contribution in [1.82, 2.24) is 0 Å². The van der Waals surface area contributed by atoms with Gasteiger partial charge < -0.3 is 0 Å². The zero-order valence-electron chi connectivity index (χ0n) is 5.14. The minimum absolute atomic E-state index is 0.427. The first-order chi connectivity index (χ1) is 3.81. The zero-order chi connectivity index (χ0) is 6.41. The molecule has 0 unspecified atom stereocenters. The second-order valence-corrected chi connectivity index (χ2v) is 6.13. The topological polar surface area (TPSA) is 35.5 Å². The Balaban J connectivity index is 3.06. The molecule has 0 bridgehead atoms. The van der Waals surface area contributed by atoms with Crippen LogP contribution in [0.2, 0.25) is 0 Å². The van der Waals surface area contributed by atoms with E-state index in [-0.39, 0.29) is 0 Å². The molecular formula is C4H10O3Sn. The fraction of sp³-hybridized carbons (Fsp3) is 1.00. The molecule has 0 saturated carbocycles. The third-order valence-corrected chi connectivity index (χ3v) is 4.10. The number of hydrogen-bond acceptors (Lipinski definition) is 3. The van der Waals surface area contributed by atoms with Crippen molar-refractivity contribution in [3.8, 4) is 0 Å². The maximum atomic E-state index is 10.7. The molecule has 0 saturated heterocycles. The van der Waals surface area contributed by atoms with Gasteiger partial charge in [-0.3, -0.25) is 0 Å². The standard InChI is InChI=1S/2C2H5O.O.Sn/c2*1-3-2;;/h2*1H2,2H3;;. The summed E-state index contributed by atoms with van der Waals surface area (Å²) in [5.41, 5.74) is 0. The van der Waals surface area contributed by atoms with Crippen molar-refractivity contribution in [1.29, 1.82) is 0 Å². The van der Waals surface area contributed by atoms with Gasteiger partial charge in [-0.1, -0.05) is 0 Å². The van der Waals surface area contributed by atoms with Crippen LogP contribution in [0.1, 0.15) is 0 Å². The number of ether oxygens (including phenoxy) is 2. The molecular weight excluding hydrogens is 215 g/mol. The summed E-state index contributed by atoms with van der Waals surface area (Å²) in [5.74, 6) is 0. The molecule has 0 fully saturated rings. The van der Waals surface area contributed by atoms with Crippen molar-refractivity contribution in [2.24, 2.45) is 0 Å². The van der Waals surface area contributed by atoms with E-state index >= 15 is 0 Å². The van der Waals surface area contributed by atoms with Crippen molar-refractivity contribution in [2.45, 2.75) is 0 Å². The fourth-order valence-electron chi connectivity index (χ4n) is 0.364. The minimum atomic E-state index is -2.38. The molecule has 4 heteroatoms. The average molecular weight is 225 g/mol. The van der Waals surface area contributed by atoms with Crippen LogP contribution in [0.15, 0.2) is 0 Å².